The Labute approximate surface area is 148 Å². The fourth-order valence-electron chi connectivity index (χ4n) is 3.87. The molecule has 3 N–H and O–H groups in total. The molecule has 0 bridgehead atoms. The Hall–Kier alpha value is -2.18. The minimum absolute atomic E-state index is 0.0514. The minimum atomic E-state index is -0.0514. The van der Waals surface area contributed by atoms with Gasteiger partial charge < -0.3 is 16.0 Å². The standard InChI is InChI=1S/C19H25N5O/c1-13(25)22-15-4-2-14(3-5-15)19-17-12-21-11-8-18(17)24(23-19)16-6-9-20-10-7-16/h2-5,16,20-21H,6-12H2,1H3,(H,22,25). The summed E-state index contributed by atoms with van der Waals surface area (Å²) in [5.74, 6) is -0.0514. The van der Waals surface area contributed by atoms with Gasteiger partial charge in [-0.25, -0.2) is 0 Å². The van der Waals surface area contributed by atoms with Crippen molar-refractivity contribution in [3.05, 3.63) is 35.5 Å². The second-order valence-electron chi connectivity index (χ2n) is 6.88. The van der Waals surface area contributed by atoms with Crippen molar-refractivity contribution in [1.29, 1.82) is 0 Å². The SMILES string of the molecule is CC(=O)Nc1ccc(-c2nn(C3CCNCC3)c3c2CNCC3)cc1. The quantitative estimate of drug-likeness (QED) is 0.801. The minimum Gasteiger partial charge on any atom is -0.326 e. The molecule has 6 nitrogen and oxygen atoms in total. The van der Waals surface area contributed by atoms with Gasteiger partial charge in [0.05, 0.1) is 11.7 Å². The number of anilines is 1. The van der Waals surface area contributed by atoms with Crippen LogP contribution in [0.5, 0.6) is 0 Å². The predicted octanol–water partition coefficient (Wildman–Crippen LogP) is 2.08. The van der Waals surface area contributed by atoms with E-state index < -0.39 is 0 Å². The molecular weight excluding hydrogens is 314 g/mol. The number of nitrogens with one attached hydrogen (secondary N) is 3. The van der Waals surface area contributed by atoms with Crippen molar-refractivity contribution in [2.24, 2.45) is 0 Å². The highest BCUT2D eigenvalue weighted by Crippen LogP contribution is 2.32. The van der Waals surface area contributed by atoms with Crippen LogP contribution >= 0.6 is 0 Å². The molecular formula is C19H25N5O. The Morgan fingerprint density at radius 1 is 1.16 bits per heavy atom. The smallest absolute Gasteiger partial charge is 0.221 e. The van der Waals surface area contributed by atoms with Gasteiger partial charge in [0.15, 0.2) is 0 Å². The number of carbonyl (C=O) groups is 1. The Morgan fingerprint density at radius 3 is 2.64 bits per heavy atom. The van der Waals surface area contributed by atoms with E-state index in [-0.39, 0.29) is 5.91 Å². The number of fused-ring (bicyclic) bond motifs is 1. The number of hydrogen-bond donors (Lipinski definition) is 3. The Morgan fingerprint density at radius 2 is 1.92 bits per heavy atom. The van der Waals surface area contributed by atoms with Crippen LogP contribution in [-0.2, 0) is 17.8 Å². The molecule has 0 saturated carbocycles. The number of amides is 1. The second kappa shape index (κ2) is 6.98. The molecule has 1 aromatic carbocycles. The van der Waals surface area contributed by atoms with Gasteiger partial charge in [-0.2, -0.15) is 5.10 Å². The van der Waals surface area contributed by atoms with Gasteiger partial charge in [-0.15, -0.1) is 0 Å². The lowest BCUT2D eigenvalue weighted by molar-refractivity contribution is -0.114. The van der Waals surface area contributed by atoms with Crippen molar-refractivity contribution < 1.29 is 4.79 Å². The molecule has 1 fully saturated rings. The maximum absolute atomic E-state index is 11.2. The third-order valence-corrected chi connectivity index (χ3v) is 5.09. The van der Waals surface area contributed by atoms with E-state index in [2.05, 4.69) is 32.8 Å². The van der Waals surface area contributed by atoms with E-state index in [1.165, 1.54) is 18.2 Å². The first-order valence-electron chi connectivity index (χ1n) is 9.12. The highest BCUT2D eigenvalue weighted by Gasteiger charge is 2.26. The van der Waals surface area contributed by atoms with Crippen LogP contribution in [0.4, 0.5) is 5.69 Å². The summed E-state index contributed by atoms with van der Waals surface area (Å²) in [7, 11) is 0. The van der Waals surface area contributed by atoms with Crippen molar-refractivity contribution in [2.75, 3.05) is 25.0 Å². The fourth-order valence-corrected chi connectivity index (χ4v) is 3.87. The lowest BCUT2D eigenvalue weighted by atomic mass is 10.0. The normalized spacial score (nSPS) is 18.0. The summed E-state index contributed by atoms with van der Waals surface area (Å²) in [6.45, 7) is 5.56. The number of nitrogens with zero attached hydrogens (tertiary/aromatic N) is 2. The lowest BCUT2D eigenvalue weighted by Gasteiger charge is -2.26. The van der Waals surface area contributed by atoms with Crippen LogP contribution in [0.15, 0.2) is 24.3 Å². The molecule has 1 saturated heterocycles. The molecule has 1 amide bonds. The Bertz CT molecular complexity index is 759. The van der Waals surface area contributed by atoms with Crippen LogP contribution in [0.25, 0.3) is 11.3 Å². The number of carbonyl (C=O) groups excluding carboxylic acids is 1. The van der Waals surface area contributed by atoms with Gasteiger partial charge in [0, 0.05) is 48.9 Å². The van der Waals surface area contributed by atoms with Crippen LogP contribution in [0, 0.1) is 0 Å². The number of rotatable bonds is 3. The average molecular weight is 339 g/mol. The summed E-state index contributed by atoms with van der Waals surface area (Å²) in [4.78, 5) is 11.2. The third kappa shape index (κ3) is 3.32. The van der Waals surface area contributed by atoms with Crippen LogP contribution in [0.3, 0.4) is 0 Å². The molecule has 6 heteroatoms. The summed E-state index contributed by atoms with van der Waals surface area (Å²) < 4.78 is 2.30. The molecule has 0 unspecified atom stereocenters. The summed E-state index contributed by atoms with van der Waals surface area (Å²) in [6.07, 6.45) is 3.32. The summed E-state index contributed by atoms with van der Waals surface area (Å²) in [5.41, 5.74) is 5.74. The van der Waals surface area contributed by atoms with Crippen molar-refractivity contribution in [3.63, 3.8) is 0 Å². The van der Waals surface area contributed by atoms with Crippen molar-refractivity contribution in [2.45, 2.75) is 38.8 Å². The molecule has 0 radical (unpaired) electrons. The van der Waals surface area contributed by atoms with Crippen molar-refractivity contribution in [1.82, 2.24) is 20.4 Å². The molecule has 0 aliphatic carbocycles. The molecule has 1 aromatic heterocycles. The van der Waals surface area contributed by atoms with E-state index in [1.54, 1.807) is 0 Å². The summed E-state index contributed by atoms with van der Waals surface area (Å²) >= 11 is 0. The first-order chi connectivity index (χ1) is 12.2. The van der Waals surface area contributed by atoms with Crippen molar-refractivity contribution in [3.8, 4) is 11.3 Å². The van der Waals surface area contributed by atoms with Crippen LogP contribution < -0.4 is 16.0 Å². The van der Waals surface area contributed by atoms with Gasteiger partial charge >= 0.3 is 0 Å². The number of piperidine rings is 1. The Balaban J connectivity index is 1.69. The van der Waals surface area contributed by atoms with Gasteiger partial charge in [0.1, 0.15) is 0 Å². The fraction of sp³-hybridized carbons (Fsp3) is 0.474. The largest absolute Gasteiger partial charge is 0.326 e. The van der Waals surface area contributed by atoms with E-state index >= 15 is 0 Å². The lowest BCUT2D eigenvalue weighted by Crippen LogP contribution is -2.32. The molecule has 0 atom stereocenters. The predicted molar refractivity (Wildman–Crippen MR) is 98.5 cm³/mol. The highest BCUT2D eigenvalue weighted by atomic mass is 16.1. The molecule has 3 heterocycles. The Kier molecular flexibility index (Phi) is 4.55. The van der Waals surface area contributed by atoms with Crippen LogP contribution in [0.2, 0.25) is 0 Å². The zero-order valence-electron chi connectivity index (χ0n) is 14.6. The van der Waals surface area contributed by atoms with Gasteiger partial charge in [-0.05, 0) is 38.1 Å². The molecule has 2 aliphatic heterocycles. The molecule has 2 aliphatic rings. The molecule has 25 heavy (non-hydrogen) atoms. The van der Waals surface area contributed by atoms with E-state index in [0.717, 1.165) is 62.4 Å². The van der Waals surface area contributed by atoms with Crippen LogP contribution in [0.1, 0.15) is 37.1 Å². The maximum Gasteiger partial charge on any atom is 0.221 e. The molecule has 132 valence electrons. The van der Waals surface area contributed by atoms with Crippen molar-refractivity contribution >= 4 is 11.6 Å². The maximum atomic E-state index is 11.2. The summed E-state index contributed by atoms with van der Waals surface area (Å²) in [5, 5.41) is 14.8. The molecule has 0 spiro atoms. The van der Waals surface area contributed by atoms with Gasteiger partial charge in [0.25, 0.3) is 0 Å². The number of benzene rings is 1. The first kappa shape index (κ1) is 16.3. The number of hydrogen-bond acceptors (Lipinski definition) is 4. The van der Waals surface area contributed by atoms with E-state index in [9.17, 15) is 4.79 Å². The monoisotopic (exact) mass is 339 g/mol. The van der Waals surface area contributed by atoms with E-state index in [1.807, 2.05) is 12.1 Å². The van der Waals surface area contributed by atoms with E-state index in [4.69, 9.17) is 5.10 Å². The zero-order valence-corrected chi connectivity index (χ0v) is 14.6. The average Bonchev–Trinajstić information content (AvgIpc) is 3.02. The molecule has 2 aromatic rings. The summed E-state index contributed by atoms with van der Waals surface area (Å²) in [6, 6.07) is 8.50. The van der Waals surface area contributed by atoms with Gasteiger partial charge in [-0.3, -0.25) is 9.48 Å². The number of aromatic nitrogens is 2. The first-order valence-corrected chi connectivity index (χ1v) is 9.12. The topological polar surface area (TPSA) is 71.0 Å². The van der Waals surface area contributed by atoms with E-state index in [0.29, 0.717) is 6.04 Å². The van der Waals surface area contributed by atoms with Gasteiger partial charge in [-0.1, -0.05) is 12.1 Å². The van der Waals surface area contributed by atoms with Crippen LogP contribution in [-0.4, -0.2) is 35.3 Å². The zero-order chi connectivity index (χ0) is 17.2. The van der Waals surface area contributed by atoms with Gasteiger partial charge in [0.2, 0.25) is 5.91 Å². The molecule has 4 rings (SSSR count). The third-order valence-electron chi connectivity index (χ3n) is 5.09. The highest BCUT2D eigenvalue weighted by molar-refractivity contribution is 5.89. The second-order valence-corrected chi connectivity index (χ2v) is 6.88.